The lowest BCUT2D eigenvalue weighted by Crippen LogP contribution is -2.16. The smallest absolute Gasteiger partial charge is 0.262 e. The van der Waals surface area contributed by atoms with E-state index in [1.54, 1.807) is 32.9 Å². The number of aryl methyl sites for hydroxylation is 2. The van der Waals surface area contributed by atoms with Gasteiger partial charge >= 0.3 is 0 Å². The molecule has 4 nitrogen and oxygen atoms in total. The average Bonchev–Trinajstić information content (AvgIpc) is 2.39. The van der Waals surface area contributed by atoms with Gasteiger partial charge in [0, 0.05) is 5.69 Å². The monoisotopic (exact) mass is 308 g/mol. The van der Waals surface area contributed by atoms with Gasteiger partial charge < -0.3 is 5.73 Å². The Morgan fingerprint density at radius 2 is 1.71 bits per heavy atom. The van der Waals surface area contributed by atoms with Crippen molar-refractivity contribution in [2.45, 2.75) is 25.7 Å². The van der Waals surface area contributed by atoms with Gasteiger partial charge in [0.25, 0.3) is 10.0 Å². The van der Waals surface area contributed by atoms with Gasteiger partial charge in [0.2, 0.25) is 0 Å². The Labute approximate surface area is 123 Å². The number of nitrogens with two attached hydrogens (primary N) is 1. The third kappa shape index (κ3) is 3.00. The summed E-state index contributed by atoms with van der Waals surface area (Å²) in [6.07, 6.45) is 0. The first-order chi connectivity index (χ1) is 9.72. The summed E-state index contributed by atoms with van der Waals surface area (Å²) < 4.78 is 40.6. The highest BCUT2D eigenvalue weighted by atomic mass is 32.2. The van der Waals surface area contributed by atoms with Gasteiger partial charge in [-0.05, 0) is 61.7 Å². The number of nitrogen functional groups attached to an aromatic ring is 1. The highest BCUT2D eigenvalue weighted by Gasteiger charge is 2.19. The number of halogens is 1. The number of nitrogens with one attached hydrogen (secondary N) is 1. The van der Waals surface area contributed by atoms with Gasteiger partial charge in [-0.15, -0.1) is 0 Å². The van der Waals surface area contributed by atoms with E-state index in [4.69, 9.17) is 5.73 Å². The number of hydrogen-bond acceptors (Lipinski definition) is 3. The summed E-state index contributed by atoms with van der Waals surface area (Å²) in [5.41, 5.74) is 8.56. The van der Waals surface area contributed by atoms with Crippen molar-refractivity contribution >= 4 is 21.4 Å². The summed E-state index contributed by atoms with van der Waals surface area (Å²) >= 11 is 0. The van der Waals surface area contributed by atoms with Crippen molar-refractivity contribution in [3.63, 3.8) is 0 Å². The first-order valence-electron chi connectivity index (χ1n) is 6.37. The predicted molar refractivity (Wildman–Crippen MR) is 82.3 cm³/mol. The summed E-state index contributed by atoms with van der Waals surface area (Å²) in [4.78, 5) is 0.0464. The molecule has 3 N–H and O–H groups in total. The van der Waals surface area contributed by atoms with Crippen LogP contribution in [0.5, 0.6) is 0 Å². The molecule has 112 valence electrons. The molecule has 0 heterocycles. The Morgan fingerprint density at radius 3 is 2.33 bits per heavy atom. The van der Waals surface area contributed by atoms with Crippen molar-refractivity contribution in [3.8, 4) is 0 Å². The fourth-order valence-electron chi connectivity index (χ4n) is 2.12. The van der Waals surface area contributed by atoms with Crippen LogP contribution in [0, 0.1) is 26.6 Å². The van der Waals surface area contributed by atoms with Crippen LogP contribution in [0.4, 0.5) is 15.8 Å². The number of hydrogen-bond donors (Lipinski definition) is 2. The molecule has 0 aliphatic heterocycles. The molecule has 2 aromatic rings. The average molecular weight is 308 g/mol. The van der Waals surface area contributed by atoms with Gasteiger partial charge in [-0.2, -0.15) is 0 Å². The van der Waals surface area contributed by atoms with E-state index >= 15 is 0 Å². The Kier molecular flexibility index (Phi) is 3.91. The Balaban J connectivity index is 2.50. The zero-order chi connectivity index (χ0) is 15.8. The number of benzene rings is 2. The fraction of sp³-hybridized carbons (Fsp3) is 0.200. The molecule has 2 rings (SSSR count). The second-order valence-electron chi connectivity index (χ2n) is 4.99. The van der Waals surface area contributed by atoms with Crippen LogP contribution in [0.3, 0.4) is 0 Å². The van der Waals surface area contributed by atoms with Crippen LogP contribution in [0.1, 0.15) is 16.7 Å². The normalized spacial score (nSPS) is 11.4. The van der Waals surface area contributed by atoms with E-state index < -0.39 is 15.8 Å². The Hall–Kier alpha value is -2.08. The molecule has 0 amide bonds. The third-order valence-corrected chi connectivity index (χ3v) is 4.89. The number of rotatable bonds is 3. The molecule has 0 aromatic heterocycles. The molecule has 0 saturated carbocycles. The largest absolute Gasteiger partial charge is 0.398 e. The molecule has 0 aliphatic carbocycles. The molecule has 2 aromatic carbocycles. The minimum absolute atomic E-state index is 0.0464. The molecule has 6 heteroatoms. The molecule has 0 radical (unpaired) electrons. The highest BCUT2D eigenvalue weighted by molar-refractivity contribution is 7.92. The van der Waals surface area contributed by atoms with Crippen molar-refractivity contribution in [1.82, 2.24) is 0 Å². The maximum absolute atomic E-state index is 13.1. The van der Waals surface area contributed by atoms with Crippen LogP contribution < -0.4 is 10.5 Å². The van der Waals surface area contributed by atoms with E-state index in [1.165, 1.54) is 12.1 Å². The van der Waals surface area contributed by atoms with Crippen LogP contribution in [0.25, 0.3) is 0 Å². The molecule has 0 saturated heterocycles. The van der Waals surface area contributed by atoms with Crippen molar-refractivity contribution in [1.29, 1.82) is 0 Å². The predicted octanol–water partition coefficient (Wildman–Crippen LogP) is 3.13. The summed E-state index contributed by atoms with van der Waals surface area (Å²) in [6.45, 7) is 5.09. The molecular weight excluding hydrogens is 291 g/mol. The maximum atomic E-state index is 13.1. The summed E-state index contributed by atoms with van der Waals surface area (Å²) in [5.74, 6) is -0.470. The second kappa shape index (κ2) is 5.37. The van der Waals surface area contributed by atoms with Crippen molar-refractivity contribution in [3.05, 3.63) is 52.8 Å². The summed E-state index contributed by atoms with van der Waals surface area (Å²) in [7, 11) is -3.79. The van der Waals surface area contributed by atoms with Gasteiger partial charge in [-0.1, -0.05) is 6.07 Å². The van der Waals surface area contributed by atoms with E-state index in [1.807, 2.05) is 0 Å². The molecule has 21 heavy (non-hydrogen) atoms. The lowest BCUT2D eigenvalue weighted by molar-refractivity contribution is 0.598. The molecule has 0 atom stereocenters. The minimum atomic E-state index is -3.79. The van der Waals surface area contributed by atoms with Crippen LogP contribution in [-0.4, -0.2) is 8.42 Å². The van der Waals surface area contributed by atoms with Crippen LogP contribution >= 0.6 is 0 Å². The topological polar surface area (TPSA) is 72.2 Å². The Bertz CT molecular complexity index is 802. The minimum Gasteiger partial charge on any atom is -0.398 e. The molecule has 0 unspecified atom stereocenters. The van der Waals surface area contributed by atoms with Gasteiger partial charge in [0.1, 0.15) is 5.82 Å². The number of anilines is 2. The first kappa shape index (κ1) is 15.3. The van der Waals surface area contributed by atoms with Crippen molar-refractivity contribution < 1.29 is 12.8 Å². The summed E-state index contributed by atoms with van der Waals surface area (Å²) in [6, 6.07) is 7.04. The van der Waals surface area contributed by atoms with E-state index in [-0.39, 0.29) is 4.90 Å². The molecule has 0 spiro atoms. The zero-order valence-corrected chi connectivity index (χ0v) is 12.9. The second-order valence-corrected chi connectivity index (χ2v) is 6.64. The van der Waals surface area contributed by atoms with Crippen molar-refractivity contribution in [2.75, 3.05) is 10.5 Å². The van der Waals surface area contributed by atoms with E-state index in [2.05, 4.69) is 4.72 Å². The van der Waals surface area contributed by atoms with Crippen LogP contribution in [-0.2, 0) is 10.0 Å². The van der Waals surface area contributed by atoms with Crippen LogP contribution in [0.2, 0.25) is 0 Å². The van der Waals surface area contributed by atoms with Gasteiger partial charge in [-0.3, -0.25) is 4.72 Å². The lowest BCUT2D eigenvalue weighted by Gasteiger charge is -2.15. The van der Waals surface area contributed by atoms with Crippen molar-refractivity contribution in [2.24, 2.45) is 0 Å². The molecular formula is C15H17FN2O2S. The zero-order valence-electron chi connectivity index (χ0n) is 12.1. The van der Waals surface area contributed by atoms with Crippen LogP contribution in [0.15, 0.2) is 35.2 Å². The number of sulfonamides is 1. The van der Waals surface area contributed by atoms with E-state index in [0.717, 1.165) is 11.6 Å². The SMILES string of the molecule is Cc1cc(F)ccc1S(=O)(=O)Nc1c(C)ccc(N)c1C. The third-order valence-electron chi connectivity index (χ3n) is 3.38. The lowest BCUT2D eigenvalue weighted by atomic mass is 10.1. The standard InChI is InChI=1S/C15H17FN2O2S/c1-9-4-6-13(17)11(3)15(9)18-21(19,20)14-7-5-12(16)8-10(14)2/h4-8,18H,17H2,1-3H3. The highest BCUT2D eigenvalue weighted by Crippen LogP contribution is 2.28. The maximum Gasteiger partial charge on any atom is 0.262 e. The summed E-state index contributed by atoms with van der Waals surface area (Å²) in [5, 5.41) is 0. The molecule has 0 fully saturated rings. The van der Waals surface area contributed by atoms with Gasteiger partial charge in [0.05, 0.1) is 10.6 Å². The molecule has 0 aliphatic rings. The molecule has 0 bridgehead atoms. The van der Waals surface area contributed by atoms with Gasteiger partial charge in [0.15, 0.2) is 0 Å². The fourth-order valence-corrected chi connectivity index (χ4v) is 3.55. The first-order valence-corrected chi connectivity index (χ1v) is 7.85. The van der Waals surface area contributed by atoms with Gasteiger partial charge in [-0.25, -0.2) is 12.8 Å². The quantitative estimate of drug-likeness (QED) is 0.856. The van der Waals surface area contributed by atoms with E-state index in [9.17, 15) is 12.8 Å². The Morgan fingerprint density at radius 1 is 1.05 bits per heavy atom. The van der Waals surface area contributed by atoms with E-state index in [0.29, 0.717) is 22.5 Å².